The number of methoxy groups -OCH3 is 1. The van der Waals surface area contributed by atoms with E-state index < -0.39 is 5.97 Å². The number of rotatable bonds is 2. The largest absolute Gasteiger partial charge is 0.465 e. The fourth-order valence-electron chi connectivity index (χ4n) is 1.43. The Morgan fingerprint density at radius 1 is 1.53 bits per heavy atom. The van der Waals surface area contributed by atoms with Crippen molar-refractivity contribution in [3.8, 4) is 0 Å². The van der Waals surface area contributed by atoms with Crippen LogP contribution in [0, 0.1) is 0 Å². The van der Waals surface area contributed by atoms with Crippen LogP contribution in [-0.2, 0) is 4.74 Å². The van der Waals surface area contributed by atoms with Gasteiger partial charge in [0.2, 0.25) is 0 Å². The molecule has 1 N–H and O–H groups in total. The molecule has 0 fully saturated rings. The summed E-state index contributed by atoms with van der Waals surface area (Å²) < 4.78 is 4.61. The number of carbonyl (C=O) groups is 2. The lowest BCUT2D eigenvalue weighted by Gasteiger charge is -2.01. The molecule has 1 aromatic carbocycles. The van der Waals surface area contributed by atoms with Crippen LogP contribution in [0.3, 0.4) is 0 Å². The number of esters is 1. The van der Waals surface area contributed by atoms with E-state index >= 15 is 0 Å². The van der Waals surface area contributed by atoms with Gasteiger partial charge in [-0.15, -0.1) is 0 Å². The summed E-state index contributed by atoms with van der Waals surface area (Å²) >= 11 is 0. The van der Waals surface area contributed by atoms with Gasteiger partial charge < -0.3 is 9.72 Å². The van der Waals surface area contributed by atoms with Crippen LogP contribution in [0.5, 0.6) is 0 Å². The van der Waals surface area contributed by atoms with Gasteiger partial charge in [0.25, 0.3) is 0 Å². The molecular formula is C10H8N2O3. The van der Waals surface area contributed by atoms with Gasteiger partial charge in [0, 0.05) is 5.56 Å². The number of hydrogen-bond acceptors (Lipinski definition) is 4. The van der Waals surface area contributed by atoms with Gasteiger partial charge in [0.1, 0.15) is 0 Å². The molecule has 0 saturated heterocycles. The maximum Gasteiger partial charge on any atom is 0.340 e. The Kier molecular flexibility index (Phi) is 2.21. The Bertz CT molecular complexity index is 530. The number of fused-ring (bicyclic) bond motifs is 1. The zero-order valence-corrected chi connectivity index (χ0v) is 7.98. The minimum absolute atomic E-state index is 0.371. The summed E-state index contributed by atoms with van der Waals surface area (Å²) in [5, 5.41) is 0. The summed E-state index contributed by atoms with van der Waals surface area (Å²) in [6.45, 7) is 0. The van der Waals surface area contributed by atoms with Crippen LogP contribution in [0.2, 0.25) is 0 Å². The van der Waals surface area contributed by atoms with Crippen molar-refractivity contribution in [2.45, 2.75) is 0 Å². The van der Waals surface area contributed by atoms with Gasteiger partial charge in [-0.2, -0.15) is 0 Å². The van der Waals surface area contributed by atoms with E-state index in [-0.39, 0.29) is 0 Å². The Balaban J connectivity index is 2.73. The van der Waals surface area contributed by atoms with Crippen molar-refractivity contribution in [3.05, 3.63) is 29.6 Å². The highest BCUT2D eigenvalue weighted by atomic mass is 16.5. The number of H-pyrrole nitrogens is 1. The topological polar surface area (TPSA) is 72.1 Å². The van der Waals surface area contributed by atoms with Gasteiger partial charge in [0.05, 0.1) is 30.0 Å². The molecule has 0 unspecified atom stereocenters. The van der Waals surface area contributed by atoms with Gasteiger partial charge in [-0.3, -0.25) is 4.79 Å². The van der Waals surface area contributed by atoms with Gasteiger partial charge in [-0.25, -0.2) is 9.78 Å². The van der Waals surface area contributed by atoms with Crippen molar-refractivity contribution in [1.82, 2.24) is 9.97 Å². The van der Waals surface area contributed by atoms with Crippen molar-refractivity contribution in [1.29, 1.82) is 0 Å². The summed E-state index contributed by atoms with van der Waals surface area (Å²) in [6.07, 6.45) is 2.13. The van der Waals surface area contributed by atoms with Gasteiger partial charge >= 0.3 is 5.97 Å². The molecule has 1 heterocycles. The third-order valence-electron chi connectivity index (χ3n) is 2.14. The van der Waals surface area contributed by atoms with Crippen LogP contribution in [0.1, 0.15) is 20.7 Å². The molecule has 0 aliphatic rings. The lowest BCUT2D eigenvalue weighted by Crippen LogP contribution is -2.02. The minimum atomic E-state index is -0.457. The standard InChI is InChI=1S/C10H8N2O3/c1-15-10(14)7-3-2-6(4-13)8-9(7)12-5-11-8/h2-5H,1H3,(H,11,12). The third-order valence-corrected chi connectivity index (χ3v) is 2.14. The molecule has 0 bridgehead atoms. The van der Waals surface area contributed by atoms with Crippen LogP contribution in [0.4, 0.5) is 0 Å². The Hall–Kier alpha value is -2.17. The zero-order chi connectivity index (χ0) is 10.8. The number of aromatic amines is 1. The second-order valence-electron chi connectivity index (χ2n) is 2.94. The highest BCUT2D eigenvalue weighted by molar-refractivity contribution is 6.06. The number of aldehydes is 1. The number of nitrogens with zero attached hydrogens (tertiary/aromatic N) is 1. The maximum absolute atomic E-state index is 11.4. The first-order valence-electron chi connectivity index (χ1n) is 4.27. The molecule has 2 aromatic rings. The van der Waals surface area contributed by atoms with Crippen LogP contribution in [0.25, 0.3) is 11.0 Å². The fraction of sp³-hybridized carbons (Fsp3) is 0.100. The summed E-state index contributed by atoms with van der Waals surface area (Å²) in [7, 11) is 1.30. The van der Waals surface area contributed by atoms with E-state index in [0.29, 0.717) is 28.4 Å². The summed E-state index contributed by atoms with van der Waals surface area (Å²) in [5.41, 5.74) is 1.81. The predicted octanol–water partition coefficient (Wildman–Crippen LogP) is 1.16. The molecule has 0 aliphatic heterocycles. The molecule has 76 valence electrons. The van der Waals surface area contributed by atoms with Crippen LogP contribution < -0.4 is 0 Å². The molecule has 0 radical (unpaired) electrons. The average molecular weight is 204 g/mol. The lowest BCUT2D eigenvalue weighted by atomic mass is 10.1. The van der Waals surface area contributed by atoms with E-state index in [4.69, 9.17) is 0 Å². The number of hydrogen-bond donors (Lipinski definition) is 1. The highest BCUT2D eigenvalue weighted by Gasteiger charge is 2.14. The Morgan fingerprint density at radius 2 is 2.33 bits per heavy atom. The van der Waals surface area contributed by atoms with Gasteiger partial charge in [0.15, 0.2) is 6.29 Å². The van der Waals surface area contributed by atoms with Crippen molar-refractivity contribution in [2.75, 3.05) is 7.11 Å². The second kappa shape index (κ2) is 3.53. The van der Waals surface area contributed by atoms with Crippen molar-refractivity contribution < 1.29 is 14.3 Å². The SMILES string of the molecule is COC(=O)c1ccc(C=O)c2nc[nH]c12. The summed E-state index contributed by atoms with van der Waals surface area (Å²) in [6, 6.07) is 3.08. The van der Waals surface area contributed by atoms with Crippen molar-refractivity contribution in [3.63, 3.8) is 0 Å². The van der Waals surface area contributed by atoms with E-state index in [0.717, 1.165) is 0 Å². The van der Waals surface area contributed by atoms with Gasteiger partial charge in [-0.1, -0.05) is 0 Å². The number of benzene rings is 1. The normalized spacial score (nSPS) is 10.2. The Morgan fingerprint density at radius 3 is 3.00 bits per heavy atom. The minimum Gasteiger partial charge on any atom is -0.465 e. The zero-order valence-electron chi connectivity index (χ0n) is 7.98. The fourth-order valence-corrected chi connectivity index (χ4v) is 1.43. The first kappa shape index (κ1) is 9.39. The van der Waals surface area contributed by atoms with E-state index in [1.165, 1.54) is 19.5 Å². The Labute approximate surface area is 85.1 Å². The van der Waals surface area contributed by atoms with Crippen molar-refractivity contribution >= 4 is 23.3 Å². The third kappa shape index (κ3) is 1.38. The lowest BCUT2D eigenvalue weighted by molar-refractivity contribution is 0.0602. The number of ether oxygens (including phenoxy) is 1. The monoisotopic (exact) mass is 204 g/mol. The van der Waals surface area contributed by atoms with Gasteiger partial charge in [-0.05, 0) is 12.1 Å². The van der Waals surface area contributed by atoms with Crippen LogP contribution in [-0.4, -0.2) is 29.3 Å². The molecular weight excluding hydrogens is 196 g/mol. The number of imidazole rings is 1. The first-order chi connectivity index (χ1) is 7.27. The molecule has 0 saturated carbocycles. The highest BCUT2D eigenvalue weighted by Crippen LogP contribution is 2.18. The molecule has 5 heteroatoms. The molecule has 0 atom stereocenters. The summed E-state index contributed by atoms with van der Waals surface area (Å²) in [5.74, 6) is -0.457. The van der Waals surface area contributed by atoms with E-state index in [2.05, 4.69) is 14.7 Å². The number of carbonyl (C=O) groups excluding carboxylic acids is 2. The summed E-state index contributed by atoms with van der Waals surface area (Å²) in [4.78, 5) is 28.8. The van der Waals surface area contributed by atoms with Crippen LogP contribution >= 0.6 is 0 Å². The van der Waals surface area contributed by atoms with E-state index in [1.807, 2.05) is 0 Å². The second-order valence-corrected chi connectivity index (χ2v) is 2.94. The van der Waals surface area contributed by atoms with E-state index in [9.17, 15) is 9.59 Å². The predicted molar refractivity (Wildman–Crippen MR) is 52.8 cm³/mol. The average Bonchev–Trinajstić information content (AvgIpc) is 2.75. The van der Waals surface area contributed by atoms with Crippen LogP contribution in [0.15, 0.2) is 18.5 Å². The molecule has 2 rings (SSSR count). The number of aromatic nitrogens is 2. The first-order valence-corrected chi connectivity index (χ1v) is 4.27. The van der Waals surface area contributed by atoms with Crippen molar-refractivity contribution in [2.24, 2.45) is 0 Å². The molecule has 0 spiro atoms. The molecule has 5 nitrogen and oxygen atoms in total. The number of nitrogens with one attached hydrogen (secondary N) is 1. The molecule has 15 heavy (non-hydrogen) atoms. The maximum atomic E-state index is 11.4. The quantitative estimate of drug-likeness (QED) is 0.588. The molecule has 1 aromatic heterocycles. The molecule has 0 amide bonds. The van der Waals surface area contributed by atoms with E-state index in [1.54, 1.807) is 6.07 Å². The smallest absolute Gasteiger partial charge is 0.340 e. The molecule has 0 aliphatic carbocycles.